The van der Waals surface area contributed by atoms with Gasteiger partial charge in [-0.25, -0.2) is 0 Å². The Hall–Kier alpha value is -2.66. The van der Waals surface area contributed by atoms with Crippen LogP contribution in [0.2, 0.25) is 0 Å². The Bertz CT molecular complexity index is 874. The molecule has 1 aliphatic rings. The highest BCUT2D eigenvalue weighted by molar-refractivity contribution is 5.99. The van der Waals surface area contributed by atoms with E-state index in [2.05, 4.69) is 42.7 Å². The Labute approximate surface area is 153 Å². The zero-order valence-electron chi connectivity index (χ0n) is 15.6. The third-order valence-electron chi connectivity index (χ3n) is 4.89. The highest BCUT2D eigenvalue weighted by Gasteiger charge is 2.29. The molecule has 0 unspecified atom stereocenters. The van der Waals surface area contributed by atoms with Crippen LogP contribution >= 0.6 is 0 Å². The number of nitrogens with one attached hydrogen (secondary N) is 2. The molecule has 0 saturated heterocycles. The van der Waals surface area contributed by atoms with Gasteiger partial charge >= 0.3 is 0 Å². The third kappa shape index (κ3) is 3.48. The average Bonchev–Trinajstić information content (AvgIpc) is 2.59. The van der Waals surface area contributed by atoms with Gasteiger partial charge in [0, 0.05) is 30.8 Å². The second-order valence-electron chi connectivity index (χ2n) is 6.85. The molecule has 0 aromatic heterocycles. The Morgan fingerprint density at radius 1 is 1.19 bits per heavy atom. The van der Waals surface area contributed by atoms with E-state index in [1.807, 2.05) is 19.1 Å². The van der Waals surface area contributed by atoms with Gasteiger partial charge in [0.05, 0.1) is 0 Å². The van der Waals surface area contributed by atoms with E-state index in [1.54, 1.807) is 0 Å². The van der Waals surface area contributed by atoms with Crippen molar-refractivity contribution in [2.24, 2.45) is 0 Å². The largest absolute Gasteiger partial charge is 0.375 e. The van der Waals surface area contributed by atoms with Gasteiger partial charge in [-0.15, -0.1) is 0 Å². The van der Waals surface area contributed by atoms with Crippen molar-refractivity contribution in [2.45, 2.75) is 33.1 Å². The standard InChI is InChI=1S/C21H24N2O3/c1-12-5-6-13(2)16(9-12)17-10-19(24)23-21-14(3)18(8-7-15(17)21)22-20(25)11-26-4/h5-9,17H,10-11H2,1-4H3,(H,22,25)(H,23,24)/t17-/m1/s1. The van der Waals surface area contributed by atoms with Crippen LogP contribution < -0.4 is 10.6 Å². The molecule has 1 aliphatic heterocycles. The molecule has 0 saturated carbocycles. The van der Waals surface area contributed by atoms with Crippen LogP contribution in [-0.4, -0.2) is 25.5 Å². The SMILES string of the molecule is COCC(=O)Nc1ccc2c(c1C)NC(=O)C[C@H]2c1cc(C)ccc1C. The van der Waals surface area contributed by atoms with Crippen LogP contribution in [-0.2, 0) is 14.3 Å². The Kier molecular flexibility index (Phi) is 5.09. The molecule has 2 amide bonds. The first kappa shape index (κ1) is 18.1. The normalized spacial score (nSPS) is 16.0. The highest BCUT2D eigenvalue weighted by Crippen LogP contribution is 2.42. The molecule has 0 radical (unpaired) electrons. The van der Waals surface area contributed by atoms with Crippen LogP contribution in [0.15, 0.2) is 30.3 Å². The number of amides is 2. The van der Waals surface area contributed by atoms with E-state index >= 15 is 0 Å². The van der Waals surface area contributed by atoms with Crippen molar-refractivity contribution in [3.05, 3.63) is 58.1 Å². The lowest BCUT2D eigenvalue weighted by molar-refractivity contribution is -0.119. The Morgan fingerprint density at radius 3 is 2.69 bits per heavy atom. The monoisotopic (exact) mass is 352 g/mol. The van der Waals surface area contributed by atoms with Crippen molar-refractivity contribution >= 4 is 23.2 Å². The summed E-state index contributed by atoms with van der Waals surface area (Å²) in [6, 6.07) is 10.2. The number of methoxy groups -OCH3 is 1. The van der Waals surface area contributed by atoms with Gasteiger partial charge in [-0.2, -0.15) is 0 Å². The zero-order valence-corrected chi connectivity index (χ0v) is 15.6. The van der Waals surface area contributed by atoms with Gasteiger partial charge in [-0.1, -0.05) is 29.8 Å². The molecule has 1 atom stereocenters. The number of aryl methyl sites for hydroxylation is 2. The molecular formula is C21H24N2O3. The minimum Gasteiger partial charge on any atom is -0.375 e. The summed E-state index contributed by atoms with van der Waals surface area (Å²) in [5.41, 5.74) is 6.96. The summed E-state index contributed by atoms with van der Waals surface area (Å²) in [5, 5.41) is 5.82. The molecule has 0 fully saturated rings. The van der Waals surface area contributed by atoms with Crippen molar-refractivity contribution in [3.63, 3.8) is 0 Å². The van der Waals surface area contributed by atoms with Crippen LogP contribution in [0, 0.1) is 20.8 Å². The van der Waals surface area contributed by atoms with Crippen LogP contribution in [0.5, 0.6) is 0 Å². The second kappa shape index (κ2) is 7.30. The molecule has 5 heteroatoms. The van der Waals surface area contributed by atoms with Gasteiger partial charge in [-0.3, -0.25) is 9.59 Å². The average molecular weight is 352 g/mol. The lowest BCUT2D eigenvalue weighted by Crippen LogP contribution is -2.26. The fourth-order valence-electron chi connectivity index (χ4n) is 3.54. The van der Waals surface area contributed by atoms with Crippen molar-refractivity contribution in [2.75, 3.05) is 24.4 Å². The molecular weight excluding hydrogens is 328 g/mol. The van der Waals surface area contributed by atoms with Crippen LogP contribution in [0.3, 0.4) is 0 Å². The van der Waals surface area contributed by atoms with E-state index in [1.165, 1.54) is 23.8 Å². The number of hydrogen-bond donors (Lipinski definition) is 2. The summed E-state index contributed by atoms with van der Waals surface area (Å²) in [6.07, 6.45) is 0.423. The van der Waals surface area contributed by atoms with Gasteiger partial charge in [0.2, 0.25) is 11.8 Å². The maximum absolute atomic E-state index is 12.4. The molecule has 2 aromatic carbocycles. The van der Waals surface area contributed by atoms with Gasteiger partial charge in [0.1, 0.15) is 6.61 Å². The Morgan fingerprint density at radius 2 is 1.96 bits per heavy atom. The number of benzene rings is 2. The van der Waals surface area contributed by atoms with Crippen molar-refractivity contribution < 1.29 is 14.3 Å². The fourth-order valence-corrected chi connectivity index (χ4v) is 3.54. The van der Waals surface area contributed by atoms with Crippen LogP contribution in [0.1, 0.15) is 40.2 Å². The minimum atomic E-state index is -0.219. The molecule has 0 aliphatic carbocycles. The highest BCUT2D eigenvalue weighted by atomic mass is 16.5. The van der Waals surface area contributed by atoms with Gasteiger partial charge in [0.25, 0.3) is 0 Å². The maximum Gasteiger partial charge on any atom is 0.250 e. The summed E-state index contributed by atoms with van der Waals surface area (Å²) in [7, 11) is 1.48. The fraction of sp³-hybridized carbons (Fsp3) is 0.333. The summed E-state index contributed by atoms with van der Waals surface area (Å²) >= 11 is 0. The summed E-state index contributed by atoms with van der Waals surface area (Å²) in [5.74, 6) is -0.211. The van der Waals surface area contributed by atoms with E-state index < -0.39 is 0 Å². The zero-order chi connectivity index (χ0) is 18.8. The molecule has 2 N–H and O–H groups in total. The van der Waals surface area contributed by atoms with Crippen molar-refractivity contribution in [1.29, 1.82) is 0 Å². The summed E-state index contributed by atoms with van der Waals surface area (Å²) in [4.78, 5) is 24.2. The molecule has 1 heterocycles. The first-order valence-corrected chi connectivity index (χ1v) is 8.70. The first-order valence-electron chi connectivity index (χ1n) is 8.70. The quantitative estimate of drug-likeness (QED) is 0.882. The predicted molar refractivity (Wildman–Crippen MR) is 103 cm³/mol. The number of carbonyl (C=O) groups excluding carboxylic acids is 2. The smallest absolute Gasteiger partial charge is 0.250 e. The van der Waals surface area contributed by atoms with Gasteiger partial charge < -0.3 is 15.4 Å². The third-order valence-corrected chi connectivity index (χ3v) is 4.89. The molecule has 136 valence electrons. The van der Waals surface area contributed by atoms with Crippen molar-refractivity contribution in [3.8, 4) is 0 Å². The van der Waals surface area contributed by atoms with Gasteiger partial charge in [-0.05, 0) is 49.1 Å². The molecule has 0 bridgehead atoms. The maximum atomic E-state index is 12.4. The predicted octanol–water partition coefficient (Wildman–Crippen LogP) is 3.67. The molecule has 3 rings (SSSR count). The van der Waals surface area contributed by atoms with E-state index in [0.29, 0.717) is 12.1 Å². The number of hydrogen-bond acceptors (Lipinski definition) is 3. The lowest BCUT2D eigenvalue weighted by atomic mass is 9.81. The number of rotatable bonds is 4. The summed E-state index contributed by atoms with van der Waals surface area (Å²) < 4.78 is 4.86. The van der Waals surface area contributed by atoms with E-state index in [0.717, 1.165) is 16.8 Å². The minimum absolute atomic E-state index is 0.00596. The topological polar surface area (TPSA) is 67.4 Å². The molecule has 2 aromatic rings. The number of anilines is 2. The van der Waals surface area contributed by atoms with Crippen LogP contribution in [0.4, 0.5) is 11.4 Å². The number of carbonyl (C=O) groups is 2. The van der Waals surface area contributed by atoms with Crippen LogP contribution in [0.25, 0.3) is 0 Å². The molecule has 5 nitrogen and oxygen atoms in total. The second-order valence-corrected chi connectivity index (χ2v) is 6.85. The van der Waals surface area contributed by atoms with Gasteiger partial charge in [0.15, 0.2) is 0 Å². The lowest BCUT2D eigenvalue weighted by Gasteiger charge is -2.29. The number of ether oxygens (including phenoxy) is 1. The molecule has 26 heavy (non-hydrogen) atoms. The Balaban J connectivity index is 2.04. The molecule has 0 spiro atoms. The van der Waals surface area contributed by atoms with E-state index in [9.17, 15) is 9.59 Å². The van der Waals surface area contributed by atoms with E-state index in [-0.39, 0.29) is 24.3 Å². The van der Waals surface area contributed by atoms with Crippen molar-refractivity contribution in [1.82, 2.24) is 0 Å². The first-order chi connectivity index (χ1) is 12.4. The van der Waals surface area contributed by atoms with E-state index in [4.69, 9.17) is 4.74 Å². The number of fused-ring (bicyclic) bond motifs is 1. The summed E-state index contributed by atoms with van der Waals surface area (Å²) in [6.45, 7) is 6.04.